The largest absolute Gasteiger partial charge is 0.488 e. The van der Waals surface area contributed by atoms with Crippen molar-refractivity contribution in [3.05, 3.63) is 100 Å². The number of urea groups is 1. The van der Waals surface area contributed by atoms with Crippen LogP contribution >= 0.6 is 0 Å². The van der Waals surface area contributed by atoms with Crippen molar-refractivity contribution < 1.29 is 19.1 Å². The molecular formula is C27H24N2O4. The third-order valence-electron chi connectivity index (χ3n) is 5.55. The number of para-hydroxylation sites is 1. The van der Waals surface area contributed by atoms with Gasteiger partial charge in [-0.05, 0) is 67.3 Å². The van der Waals surface area contributed by atoms with Gasteiger partial charge in [0.1, 0.15) is 17.9 Å². The molecule has 33 heavy (non-hydrogen) atoms. The first-order chi connectivity index (χ1) is 15.8. The van der Waals surface area contributed by atoms with Gasteiger partial charge >= 0.3 is 6.03 Å². The highest BCUT2D eigenvalue weighted by atomic mass is 16.5. The smallest absolute Gasteiger partial charge is 0.335 e. The van der Waals surface area contributed by atoms with Crippen LogP contribution in [0.5, 0.6) is 5.75 Å². The van der Waals surface area contributed by atoms with E-state index in [1.165, 1.54) is 17.2 Å². The molecule has 3 aromatic carbocycles. The van der Waals surface area contributed by atoms with Crippen LogP contribution in [0, 0.1) is 20.8 Å². The van der Waals surface area contributed by atoms with E-state index in [1.807, 2.05) is 38.1 Å². The third kappa shape index (κ3) is 4.70. The van der Waals surface area contributed by atoms with Crippen LogP contribution in [0.25, 0.3) is 6.08 Å². The highest BCUT2D eigenvalue weighted by Crippen LogP contribution is 2.26. The van der Waals surface area contributed by atoms with Crippen LogP contribution in [-0.2, 0) is 16.2 Å². The fraction of sp³-hybridized carbons (Fsp3) is 0.148. The molecule has 166 valence electrons. The molecule has 4 rings (SSSR count). The number of imide groups is 2. The van der Waals surface area contributed by atoms with Crippen molar-refractivity contribution in [3.8, 4) is 5.75 Å². The van der Waals surface area contributed by atoms with Crippen LogP contribution in [0.3, 0.4) is 0 Å². The Morgan fingerprint density at radius 2 is 1.67 bits per heavy atom. The van der Waals surface area contributed by atoms with Crippen molar-refractivity contribution in [1.29, 1.82) is 0 Å². The van der Waals surface area contributed by atoms with Gasteiger partial charge in [0, 0.05) is 5.56 Å². The Bertz CT molecular complexity index is 1290. The lowest BCUT2D eigenvalue weighted by molar-refractivity contribution is -0.122. The van der Waals surface area contributed by atoms with Crippen LogP contribution in [0.2, 0.25) is 0 Å². The average Bonchev–Trinajstić information content (AvgIpc) is 2.78. The molecule has 1 aliphatic rings. The lowest BCUT2D eigenvalue weighted by Gasteiger charge is -2.26. The number of amides is 4. The topological polar surface area (TPSA) is 75.7 Å². The minimum absolute atomic E-state index is 0.140. The summed E-state index contributed by atoms with van der Waals surface area (Å²) in [6, 6.07) is 19.5. The first kappa shape index (κ1) is 22.0. The lowest BCUT2D eigenvalue weighted by Crippen LogP contribution is -2.54. The molecule has 0 aliphatic carbocycles. The average molecular weight is 440 g/mol. The van der Waals surface area contributed by atoms with E-state index >= 15 is 0 Å². The Balaban J connectivity index is 1.63. The zero-order valence-corrected chi connectivity index (χ0v) is 18.7. The molecule has 0 atom stereocenters. The van der Waals surface area contributed by atoms with Crippen molar-refractivity contribution in [2.75, 3.05) is 4.90 Å². The van der Waals surface area contributed by atoms with Crippen LogP contribution in [0.4, 0.5) is 10.5 Å². The molecule has 0 spiro atoms. The molecule has 1 saturated heterocycles. The molecule has 6 heteroatoms. The van der Waals surface area contributed by atoms with E-state index in [2.05, 4.69) is 18.3 Å². The number of nitrogens with one attached hydrogen (secondary N) is 1. The Hall–Kier alpha value is -4.19. The Morgan fingerprint density at radius 3 is 2.42 bits per heavy atom. The second-order valence-electron chi connectivity index (χ2n) is 8.04. The number of nitrogens with zero attached hydrogens (tertiary/aromatic N) is 1. The van der Waals surface area contributed by atoms with E-state index in [1.54, 1.807) is 36.4 Å². The van der Waals surface area contributed by atoms with Gasteiger partial charge in [0.25, 0.3) is 11.8 Å². The van der Waals surface area contributed by atoms with E-state index in [4.69, 9.17) is 4.74 Å². The molecule has 1 N–H and O–H groups in total. The van der Waals surface area contributed by atoms with Crippen LogP contribution in [-0.4, -0.2) is 17.8 Å². The van der Waals surface area contributed by atoms with E-state index in [0.717, 1.165) is 16.0 Å². The maximum atomic E-state index is 13.2. The highest BCUT2D eigenvalue weighted by Gasteiger charge is 2.37. The van der Waals surface area contributed by atoms with Gasteiger partial charge < -0.3 is 4.74 Å². The van der Waals surface area contributed by atoms with Crippen LogP contribution in [0.1, 0.15) is 27.8 Å². The first-order valence-corrected chi connectivity index (χ1v) is 10.6. The van der Waals surface area contributed by atoms with Crippen molar-refractivity contribution >= 4 is 29.6 Å². The molecule has 0 radical (unpaired) electrons. The van der Waals surface area contributed by atoms with Gasteiger partial charge in [0.15, 0.2) is 0 Å². The minimum Gasteiger partial charge on any atom is -0.488 e. The second kappa shape index (κ2) is 9.12. The molecule has 0 unspecified atom stereocenters. The number of ether oxygens (including phenoxy) is 1. The van der Waals surface area contributed by atoms with Gasteiger partial charge in [-0.15, -0.1) is 0 Å². The van der Waals surface area contributed by atoms with Gasteiger partial charge in [-0.25, -0.2) is 9.69 Å². The summed E-state index contributed by atoms with van der Waals surface area (Å²) in [6.45, 7) is 6.31. The second-order valence-corrected chi connectivity index (χ2v) is 8.04. The van der Waals surface area contributed by atoms with Gasteiger partial charge in [0.05, 0.1) is 5.69 Å². The maximum absolute atomic E-state index is 13.2. The molecule has 1 fully saturated rings. The number of anilines is 1. The summed E-state index contributed by atoms with van der Waals surface area (Å²) in [5.41, 5.74) is 5.12. The fourth-order valence-electron chi connectivity index (χ4n) is 3.60. The number of benzene rings is 3. The van der Waals surface area contributed by atoms with Crippen molar-refractivity contribution in [2.45, 2.75) is 27.4 Å². The van der Waals surface area contributed by atoms with Crippen molar-refractivity contribution in [1.82, 2.24) is 5.32 Å². The number of aryl methyl sites for hydroxylation is 3. The minimum atomic E-state index is -0.771. The zero-order chi connectivity index (χ0) is 23.5. The Kier molecular flexibility index (Phi) is 6.09. The molecular weight excluding hydrogens is 416 g/mol. The molecule has 4 amide bonds. The summed E-state index contributed by atoms with van der Waals surface area (Å²) in [7, 11) is 0. The predicted octanol–water partition coefficient (Wildman–Crippen LogP) is 4.86. The first-order valence-electron chi connectivity index (χ1n) is 10.6. The van der Waals surface area contributed by atoms with Crippen LogP contribution in [0.15, 0.2) is 72.3 Å². The predicted molar refractivity (Wildman–Crippen MR) is 127 cm³/mol. The number of hydrogen-bond donors (Lipinski definition) is 1. The molecule has 0 saturated carbocycles. The van der Waals surface area contributed by atoms with Gasteiger partial charge in [-0.2, -0.15) is 0 Å². The van der Waals surface area contributed by atoms with Crippen LogP contribution < -0.4 is 15.0 Å². The van der Waals surface area contributed by atoms with Crippen molar-refractivity contribution in [3.63, 3.8) is 0 Å². The quantitative estimate of drug-likeness (QED) is 0.454. The number of carbonyl (C=O) groups excluding carboxylic acids is 3. The number of carbonyl (C=O) groups is 3. The monoisotopic (exact) mass is 440 g/mol. The summed E-state index contributed by atoms with van der Waals surface area (Å²) >= 11 is 0. The zero-order valence-electron chi connectivity index (χ0n) is 18.7. The number of barbiturate groups is 1. The number of hydrogen-bond acceptors (Lipinski definition) is 4. The van der Waals surface area contributed by atoms with Gasteiger partial charge in [-0.3, -0.25) is 14.9 Å². The summed E-state index contributed by atoms with van der Waals surface area (Å²) in [6.07, 6.45) is 1.46. The summed E-state index contributed by atoms with van der Waals surface area (Å²) < 4.78 is 6.01. The lowest BCUT2D eigenvalue weighted by atomic mass is 10.1. The summed E-state index contributed by atoms with van der Waals surface area (Å²) in [5, 5.41) is 2.26. The van der Waals surface area contributed by atoms with Gasteiger partial charge in [0.2, 0.25) is 0 Å². The highest BCUT2D eigenvalue weighted by molar-refractivity contribution is 6.39. The third-order valence-corrected chi connectivity index (χ3v) is 5.55. The molecule has 6 nitrogen and oxygen atoms in total. The van der Waals surface area contributed by atoms with E-state index in [-0.39, 0.29) is 5.57 Å². The summed E-state index contributed by atoms with van der Waals surface area (Å²) in [4.78, 5) is 39.1. The Labute approximate surface area is 192 Å². The fourth-order valence-corrected chi connectivity index (χ4v) is 3.60. The summed E-state index contributed by atoms with van der Waals surface area (Å²) in [5.74, 6) is -0.890. The van der Waals surface area contributed by atoms with E-state index in [9.17, 15) is 14.4 Å². The SMILES string of the molecule is Cc1cccc(N2C(=O)NC(=O)/C(=C\c3ccccc3OCc3ccc(C)c(C)c3)C2=O)c1. The standard InChI is InChI=1S/C27H24N2O4/c1-17-7-6-9-22(13-17)29-26(31)23(25(30)28-27(29)32)15-21-8-4-5-10-24(21)33-16-20-12-11-18(2)19(3)14-20/h4-15H,16H2,1-3H3,(H,28,30,32)/b23-15+. The normalized spacial score (nSPS) is 15.1. The molecule has 0 aromatic heterocycles. The van der Waals surface area contributed by atoms with E-state index < -0.39 is 17.8 Å². The Morgan fingerprint density at radius 1 is 0.879 bits per heavy atom. The van der Waals surface area contributed by atoms with Gasteiger partial charge in [-0.1, -0.05) is 48.5 Å². The van der Waals surface area contributed by atoms with E-state index in [0.29, 0.717) is 23.6 Å². The molecule has 3 aromatic rings. The molecule has 1 heterocycles. The molecule has 0 bridgehead atoms. The molecule has 1 aliphatic heterocycles. The number of rotatable bonds is 5. The van der Waals surface area contributed by atoms with Crippen molar-refractivity contribution in [2.24, 2.45) is 0 Å². The maximum Gasteiger partial charge on any atom is 0.335 e.